The van der Waals surface area contributed by atoms with Gasteiger partial charge >= 0.3 is 0 Å². The van der Waals surface area contributed by atoms with Crippen molar-refractivity contribution in [1.29, 1.82) is 0 Å². The first-order valence-corrected chi connectivity index (χ1v) is 11.2. The lowest BCUT2D eigenvalue weighted by Gasteiger charge is -2.57. The summed E-state index contributed by atoms with van der Waals surface area (Å²) in [7, 11) is 0. The number of para-hydroxylation sites is 1. The summed E-state index contributed by atoms with van der Waals surface area (Å²) in [6.07, 6.45) is 7.24. The summed E-state index contributed by atoms with van der Waals surface area (Å²) in [6.45, 7) is 1.91. The molecule has 1 aromatic carbocycles. The van der Waals surface area contributed by atoms with Gasteiger partial charge in [-0.05, 0) is 56.2 Å². The fourth-order valence-corrected chi connectivity index (χ4v) is 5.15. The summed E-state index contributed by atoms with van der Waals surface area (Å²) in [5, 5.41) is 7.55. The second kappa shape index (κ2) is 8.35. The lowest BCUT2D eigenvalue weighted by Crippen LogP contribution is -2.58. The Labute approximate surface area is 192 Å². The highest BCUT2D eigenvalue weighted by atomic mass is 16.5. The number of primary amides is 1. The summed E-state index contributed by atoms with van der Waals surface area (Å²) in [4.78, 5) is 28.4. The molecule has 0 bridgehead atoms. The van der Waals surface area contributed by atoms with E-state index < -0.39 is 5.91 Å². The molecule has 2 aliphatic rings. The average molecular weight is 446 g/mol. The number of hydrogen-bond acceptors (Lipinski definition) is 5. The second-order valence-corrected chi connectivity index (χ2v) is 9.23. The van der Waals surface area contributed by atoms with Gasteiger partial charge in [0, 0.05) is 17.8 Å². The maximum Gasteiger partial charge on any atom is 0.254 e. The van der Waals surface area contributed by atoms with Crippen molar-refractivity contribution in [3.05, 3.63) is 71.7 Å². The highest BCUT2D eigenvalue weighted by Crippen LogP contribution is 2.56. The number of benzene rings is 1. The van der Waals surface area contributed by atoms with Crippen LogP contribution in [0.1, 0.15) is 47.3 Å². The van der Waals surface area contributed by atoms with E-state index in [2.05, 4.69) is 15.4 Å². The Morgan fingerprint density at radius 3 is 2.64 bits per heavy atom. The molecule has 3 N–H and O–H groups in total. The fraction of sp³-hybridized carbons (Fsp3) is 0.360. The summed E-state index contributed by atoms with van der Waals surface area (Å²) in [5.41, 5.74) is 8.63. The summed E-state index contributed by atoms with van der Waals surface area (Å²) in [6, 6.07) is 13.5. The topological polar surface area (TPSA) is 112 Å². The van der Waals surface area contributed by atoms with E-state index in [1.807, 2.05) is 43.3 Å². The van der Waals surface area contributed by atoms with Crippen molar-refractivity contribution in [3.63, 3.8) is 0 Å². The fourth-order valence-electron chi connectivity index (χ4n) is 5.15. The van der Waals surface area contributed by atoms with Crippen LogP contribution in [0.25, 0.3) is 5.69 Å². The minimum Gasteiger partial charge on any atom is -0.474 e. The third-order valence-corrected chi connectivity index (χ3v) is 6.76. The number of nitrogens with zero attached hydrogens (tertiary/aromatic N) is 3. The summed E-state index contributed by atoms with van der Waals surface area (Å²) in [5.74, 6) is 0.0116. The van der Waals surface area contributed by atoms with E-state index in [1.54, 1.807) is 23.1 Å². The Hall–Kier alpha value is -3.68. The van der Waals surface area contributed by atoms with Gasteiger partial charge in [-0.1, -0.05) is 24.3 Å². The van der Waals surface area contributed by atoms with Crippen molar-refractivity contribution in [2.45, 2.75) is 51.2 Å². The molecule has 0 aliphatic heterocycles. The van der Waals surface area contributed by atoms with Crippen molar-refractivity contribution in [1.82, 2.24) is 20.1 Å². The molecule has 33 heavy (non-hydrogen) atoms. The zero-order chi connectivity index (χ0) is 23.0. The molecule has 0 atom stereocenters. The number of amides is 2. The maximum absolute atomic E-state index is 12.8. The van der Waals surface area contributed by atoms with Gasteiger partial charge in [0.2, 0.25) is 11.8 Å². The molecule has 2 heterocycles. The SMILES string of the molecule is Cc1c(C(=O)NC2CC3(C2)CC(Oc2ncccc2CC(N)=O)C3)cnn1-c1ccccc1. The second-order valence-electron chi connectivity index (χ2n) is 9.23. The number of pyridine rings is 1. The van der Waals surface area contributed by atoms with Gasteiger partial charge in [0.15, 0.2) is 0 Å². The Balaban J connectivity index is 1.13. The Kier molecular flexibility index (Phi) is 5.36. The van der Waals surface area contributed by atoms with E-state index in [-0.39, 0.29) is 29.9 Å². The van der Waals surface area contributed by atoms with Crippen LogP contribution in [-0.4, -0.2) is 38.7 Å². The highest BCUT2D eigenvalue weighted by molar-refractivity contribution is 5.95. The molecular weight excluding hydrogens is 418 g/mol. The number of carbonyl (C=O) groups is 2. The van der Waals surface area contributed by atoms with Gasteiger partial charge in [0.25, 0.3) is 5.91 Å². The van der Waals surface area contributed by atoms with E-state index in [9.17, 15) is 9.59 Å². The molecule has 2 aliphatic carbocycles. The molecule has 5 rings (SSSR count). The van der Waals surface area contributed by atoms with Gasteiger partial charge in [0.05, 0.1) is 29.6 Å². The minimum atomic E-state index is -0.403. The quantitative estimate of drug-likeness (QED) is 0.581. The highest BCUT2D eigenvalue weighted by Gasteiger charge is 2.54. The van der Waals surface area contributed by atoms with Gasteiger partial charge in [0.1, 0.15) is 6.10 Å². The Bertz CT molecular complexity index is 1180. The Morgan fingerprint density at radius 2 is 1.91 bits per heavy atom. The Morgan fingerprint density at radius 1 is 1.15 bits per heavy atom. The van der Waals surface area contributed by atoms with Crippen LogP contribution in [0, 0.1) is 12.3 Å². The number of carbonyl (C=O) groups excluding carboxylic acids is 2. The normalized spacial score (nSPS) is 23.4. The molecule has 2 amide bonds. The number of nitrogens with two attached hydrogens (primary N) is 1. The zero-order valence-corrected chi connectivity index (χ0v) is 18.5. The zero-order valence-electron chi connectivity index (χ0n) is 18.5. The smallest absolute Gasteiger partial charge is 0.254 e. The molecule has 2 saturated carbocycles. The third kappa shape index (κ3) is 4.20. The number of ether oxygens (including phenoxy) is 1. The van der Waals surface area contributed by atoms with E-state index in [0.29, 0.717) is 11.4 Å². The molecule has 0 radical (unpaired) electrons. The standard InChI is InChI=1S/C25H27N5O3/c1-16-21(15-28-30(16)19-7-3-2-4-8-19)23(32)29-18-11-25(12-18)13-20(14-25)33-24-17(10-22(26)31)6-5-9-27-24/h2-9,15,18,20H,10-14H2,1H3,(H2,26,31)(H,29,32). The number of rotatable bonds is 7. The predicted octanol–water partition coefficient (Wildman–Crippen LogP) is 2.72. The van der Waals surface area contributed by atoms with Gasteiger partial charge in [-0.2, -0.15) is 5.10 Å². The third-order valence-electron chi connectivity index (χ3n) is 6.76. The summed E-state index contributed by atoms with van der Waals surface area (Å²) >= 11 is 0. The van der Waals surface area contributed by atoms with Crippen LogP contribution in [0.2, 0.25) is 0 Å². The first-order chi connectivity index (χ1) is 15.9. The van der Waals surface area contributed by atoms with Crippen LogP contribution < -0.4 is 15.8 Å². The minimum absolute atomic E-state index is 0.0776. The van der Waals surface area contributed by atoms with Gasteiger partial charge in [-0.3, -0.25) is 9.59 Å². The van der Waals surface area contributed by atoms with Crippen LogP contribution in [0.5, 0.6) is 5.88 Å². The molecule has 2 aromatic heterocycles. The molecule has 0 unspecified atom stereocenters. The number of nitrogens with one attached hydrogen (secondary N) is 1. The van der Waals surface area contributed by atoms with Gasteiger partial charge < -0.3 is 15.8 Å². The van der Waals surface area contributed by atoms with Crippen molar-refractivity contribution < 1.29 is 14.3 Å². The molecule has 2 fully saturated rings. The molecule has 170 valence electrons. The molecule has 3 aromatic rings. The first-order valence-electron chi connectivity index (χ1n) is 11.2. The molecular formula is C25H27N5O3. The molecule has 8 nitrogen and oxygen atoms in total. The van der Waals surface area contributed by atoms with Crippen molar-refractivity contribution in [3.8, 4) is 11.6 Å². The first kappa shape index (κ1) is 21.2. The van der Waals surface area contributed by atoms with Crippen molar-refractivity contribution in [2.24, 2.45) is 11.1 Å². The van der Waals surface area contributed by atoms with Crippen molar-refractivity contribution >= 4 is 11.8 Å². The average Bonchev–Trinajstić information content (AvgIpc) is 3.13. The van der Waals surface area contributed by atoms with Crippen LogP contribution >= 0.6 is 0 Å². The van der Waals surface area contributed by atoms with E-state index in [0.717, 1.165) is 42.6 Å². The lowest BCUT2D eigenvalue weighted by molar-refractivity contribution is -0.117. The van der Waals surface area contributed by atoms with Crippen LogP contribution in [0.15, 0.2) is 54.9 Å². The van der Waals surface area contributed by atoms with Crippen molar-refractivity contribution in [2.75, 3.05) is 0 Å². The van der Waals surface area contributed by atoms with Crippen LogP contribution in [-0.2, 0) is 11.2 Å². The number of hydrogen-bond donors (Lipinski definition) is 2. The largest absolute Gasteiger partial charge is 0.474 e. The van der Waals surface area contributed by atoms with E-state index in [4.69, 9.17) is 10.5 Å². The monoisotopic (exact) mass is 445 g/mol. The van der Waals surface area contributed by atoms with E-state index in [1.165, 1.54) is 0 Å². The lowest BCUT2D eigenvalue weighted by atomic mass is 9.53. The number of aromatic nitrogens is 3. The molecule has 8 heteroatoms. The van der Waals surface area contributed by atoms with E-state index >= 15 is 0 Å². The predicted molar refractivity (Wildman–Crippen MR) is 122 cm³/mol. The molecule has 1 spiro atoms. The van der Waals surface area contributed by atoms with Gasteiger partial charge in [-0.15, -0.1) is 0 Å². The van der Waals surface area contributed by atoms with Gasteiger partial charge in [-0.25, -0.2) is 9.67 Å². The maximum atomic E-state index is 12.8. The molecule has 0 saturated heterocycles. The van der Waals surface area contributed by atoms with Crippen LogP contribution in [0.4, 0.5) is 0 Å². The summed E-state index contributed by atoms with van der Waals surface area (Å²) < 4.78 is 7.83. The van der Waals surface area contributed by atoms with Crippen LogP contribution in [0.3, 0.4) is 0 Å².